The smallest absolute Gasteiger partial charge is 0.464 e. The topological polar surface area (TPSA) is 72.1 Å². The second kappa shape index (κ2) is 5.22. The van der Waals surface area contributed by atoms with Crippen LogP contribution in [-0.4, -0.2) is 30.6 Å². The van der Waals surface area contributed by atoms with Gasteiger partial charge in [0.1, 0.15) is 5.58 Å². The molecule has 0 aliphatic heterocycles. The van der Waals surface area contributed by atoms with Gasteiger partial charge >= 0.3 is 7.12 Å². The van der Waals surface area contributed by atoms with E-state index >= 15 is 0 Å². The summed E-state index contributed by atoms with van der Waals surface area (Å²) in [6.07, 6.45) is 0. The zero-order valence-electron chi connectivity index (χ0n) is 9.42. The number of hydrogen-bond donors (Lipinski definition) is 2. The minimum atomic E-state index is -1.71. The summed E-state index contributed by atoms with van der Waals surface area (Å²) in [5, 5.41) is 19.1. The number of furan rings is 1. The molecule has 6 heteroatoms. The van der Waals surface area contributed by atoms with Crippen molar-refractivity contribution in [3.05, 3.63) is 24.3 Å². The van der Waals surface area contributed by atoms with Crippen molar-refractivity contribution in [2.45, 2.75) is 6.92 Å². The van der Waals surface area contributed by atoms with Crippen molar-refractivity contribution >= 4 is 23.7 Å². The minimum Gasteiger partial charge on any atom is -0.464 e. The second-order valence-electron chi connectivity index (χ2n) is 3.42. The lowest BCUT2D eigenvalue weighted by molar-refractivity contribution is 0.0234. The summed E-state index contributed by atoms with van der Waals surface area (Å²) in [7, 11) is -1.71. The molecule has 5 nitrogen and oxygen atoms in total. The van der Waals surface area contributed by atoms with Crippen LogP contribution in [0.4, 0.5) is 0 Å². The summed E-state index contributed by atoms with van der Waals surface area (Å²) in [4.78, 5) is 0. The average molecular weight is 236 g/mol. The summed E-state index contributed by atoms with van der Waals surface area (Å²) in [6.45, 7) is 2.41. The molecule has 1 aromatic heterocycles. The highest BCUT2D eigenvalue weighted by molar-refractivity contribution is 6.58. The van der Waals surface area contributed by atoms with Crippen LogP contribution in [-0.2, 0) is 4.74 Å². The molecule has 0 atom stereocenters. The number of para-hydroxylation sites is 1. The minimum absolute atomic E-state index is 0.00842. The van der Waals surface area contributed by atoms with E-state index in [2.05, 4.69) is 0 Å². The molecule has 0 aliphatic rings. The summed E-state index contributed by atoms with van der Waals surface area (Å²) < 4.78 is 15.7. The van der Waals surface area contributed by atoms with Crippen LogP contribution in [0.3, 0.4) is 0 Å². The van der Waals surface area contributed by atoms with Gasteiger partial charge in [-0.15, -0.1) is 0 Å². The molecular weight excluding hydrogens is 223 g/mol. The number of ether oxygens (including phenoxy) is 2. The Hall–Kier alpha value is -1.50. The van der Waals surface area contributed by atoms with E-state index in [9.17, 15) is 10.0 Å². The first kappa shape index (κ1) is 12.0. The van der Waals surface area contributed by atoms with Crippen LogP contribution in [0.15, 0.2) is 28.7 Å². The van der Waals surface area contributed by atoms with Crippen LogP contribution in [0, 0.1) is 0 Å². The molecule has 0 aliphatic carbocycles. The molecule has 2 aromatic rings. The molecule has 1 aromatic carbocycles. The summed E-state index contributed by atoms with van der Waals surface area (Å²) >= 11 is 0. The molecule has 17 heavy (non-hydrogen) atoms. The van der Waals surface area contributed by atoms with Crippen LogP contribution >= 0.6 is 0 Å². The maximum Gasteiger partial charge on any atom is 0.530 e. The fourth-order valence-corrected chi connectivity index (χ4v) is 1.54. The Morgan fingerprint density at radius 3 is 2.76 bits per heavy atom. The van der Waals surface area contributed by atoms with E-state index in [4.69, 9.17) is 13.9 Å². The van der Waals surface area contributed by atoms with Gasteiger partial charge < -0.3 is 23.9 Å². The van der Waals surface area contributed by atoms with Crippen molar-refractivity contribution in [2.75, 3.05) is 13.4 Å². The van der Waals surface area contributed by atoms with E-state index in [1.54, 1.807) is 18.2 Å². The number of fused-ring (bicyclic) bond motifs is 1. The molecule has 0 bridgehead atoms. The van der Waals surface area contributed by atoms with Crippen molar-refractivity contribution in [3.8, 4) is 5.75 Å². The molecule has 0 fully saturated rings. The average Bonchev–Trinajstić information content (AvgIpc) is 2.69. The number of rotatable bonds is 5. The zero-order chi connectivity index (χ0) is 12.3. The van der Waals surface area contributed by atoms with Gasteiger partial charge in [0.2, 0.25) is 0 Å². The Labute approximate surface area is 98.7 Å². The van der Waals surface area contributed by atoms with Gasteiger partial charge in [0.05, 0.1) is 5.39 Å². The molecule has 0 unspecified atom stereocenters. The van der Waals surface area contributed by atoms with E-state index in [1.165, 1.54) is 0 Å². The third-order valence-corrected chi connectivity index (χ3v) is 2.30. The summed E-state index contributed by atoms with van der Waals surface area (Å²) in [5.41, 5.74) is 0.535. The van der Waals surface area contributed by atoms with Gasteiger partial charge in [0.25, 0.3) is 0 Å². The van der Waals surface area contributed by atoms with Crippen LogP contribution in [0.25, 0.3) is 11.0 Å². The highest BCUT2D eigenvalue weighted by Gasteiger charge is 2.25. The Balaban J connectivity index is 2.37. The van der Waals surface area contributed by atoms with Gasteiger partial charge in [0.15, 0.2) is 18.2 Å². The predicted octanol–water partition coefficient (Wildman–Crippen LogP) is 0.485. The molecule has 0 saturated carbocycles. The number of benzene rings is 1. The zero-order valence-corrected chi connectivity index (χ0v) is 9.42. The Kier molecular flexibility index (Phi) is 3.68. The maximum absolute atomic E-state index is 9.20. The fourth-order valence-electron chi connectivity index (χ4n) is 1.54. The van der Waals surface area contributed by atoms with E-state index in [0.717, 1.165) is 0 Å². The lowest BCUT2D eigenvalue weighted by Crippen LogP contribution is -2.30. The standard InChI is InChI=1S/C11H13BO5/c1-2-15-7-16-10-8-5-3-4-6-9(8)17-11(10)12(13)14/h3-6,13-14H,2,7H2,1H3. The lowest BCUT2D eigenvalue weighted by atomic mass is 9.87. The van der Waals surface area contributed by atoms with Crippen molar-refractivity contribution in [1.29, 1.82) is 0 Å². The van der Waals surface area contributed by atoms with Crippen LogP contribution < -0.4 is 10.4 Å². The molecule has 0 saturated heterocycles. The Morgan fingerprint density at radius 1 is 1.29 bits per heavy atom. The first-order chi connectivity index (χ1) is 8.24. The molecule has 0 spiro atoms. The van der Waals surface area contributed by atoms with Gasteiger partial charge in [-0.3, -0.25) is 0 Å². The third kappa shape index (κ3) is 2.44. The molecular formula is C11H13BO5. The van der Waals surface area contributed by atoms with Crippen LogP contribution in [0.2, 0.25) is 0 Å². The number of hydrogen-bond acceptors (Lipinski definition) is 5. The normalized spacial score (nSPS) is 10.8. The van der Waals surface area contributed by atoms with Gasteiger partial charge in [-0.2, -0.15) is 0 Å². The van der Waals surface area contributed by atoms with Gasteiger partial charge in [-0.1, -0.05) is 12.1 Å². The highest BCUT2D eigenvalue weighted by atomic mass is 16.7. The first-order valence-electron chi connectivity index (χ1n) is 5.32. The largest absolute Gasteiger partial charge is 0.530 e. The Morgan fingerprint density at radius 2 is 2.06 bits per heavy atom. The molecule has 1 heterocycles. The van der Waals surface area contributed by atoms with E-state index in [1.807, 2.05) is 13.0 Å². The molecule has 2 rings (SSSR count). The molecule has 0 radical (unpaired) electrons. The van der Waals surface area contributed by atoms with Crippen molar-refractivity contribution in [2.24, 2.45) is 0 Å². The van der Waals surface area contributed by atoms with E-state index < -0.39 is 7.12 Å². The second-order valence-corrected chi connectivity index (χ2v) is 3.42. The third-order valence-electron chi connectivity index (χ3n) is 2.30. The summed E-state index contributed by atoms with van der Waals surface area (Å²) in [6, 6.07) is 7.13. The van der Waals surface area contributed by atoms with Gasteiger partial charge in [-0.05, 0) is 19.1 Å². The maximum atomic E-state index is 9.20. The van der Waals surface area contributed by atoms with Crippen molar-refractivity contribution < 1.29 is 23.9 Å². The van der Waals surface area contributed by atoms with Crippen LogP contribution in [0.1, 0.15) is 6.92 Å². The summed E-state index contributed by atoms with van der Waals surface area (Å²) in [5.74, 6) is 0.309. The lowest BCUT2D eigenvalue weighted by Gasteiger charge is -2.05. The SMILES string of the molecule is CCOCOc1c(B(O)O)oc2ccccc12. The molecule has 0 amide bonds. The molecule has 2 N–H and O–H groups in total. The quantitative estimate of drug-likeness (QED) is 0.449. The van der Waals surface area contributed by atoms with Crippen LogP contribution in [0.5, 0.6) is 5.75 Å². The van der Waals surface area contributed by atoms with E-state index in [0.29, 0.717) is 23.3 Å². The van der Waals surface area contributed by atoms with Crippen molar-refractivity contribution in [3.63, 3.8) is 0 Å². The molecule has 90 valence electrons. The highest BCUT2D eigenvalue weighted by Crippen LogP contribution is 2.26. The van der Waals surface area contributed by atoms with Gasteiger partial charge in [-0.25, -0.2) is 0 Å². The Bertz CT molecular complexity index is 494. The fraction of sp³-hybridized carbons (Fsp3) is 0.273. The first-order valence-corrected chi connectivity index (χ1v) is 5.32. The van der Waals surface area contributed by atoms with E-state index in [-0.39, 0.29) is 12.5 Å². The van der Waals surface area contributed by atoms with Crippen molar-refractivity contribution in [1.82, 2.24) is 0 Å². The predicted molar refractivity (Wildman–Crippen MR) is 63.2 cm³/mol. The monoisotopic (exact) mass is 236 g/mol. The van der Waals surface area contributed by atoms with Gasteiger partial charge in [0, 0.05) is 6.61 Å².